The first kappa shape index (κ1) is 33.5. The smallest absolute Gasteiger partial charge is 0.550 e. The van der Waals surface area contributed by atoms with Crippen LogP contribution in [-0.2, 0) is 11.3 Å². The fraction of sp³-hybridized carbons (Fsp3) is 0.273. The van der Waals surface area contributed by atoms with Crippen LogP contribution in [0.15, 0.2) is 84.9 Å². The summed E-state index contributed by atoms with van der Waals surface area (Å²) in [5.74, 6) is -2.20. The van der Waals surface area contributed by atoms with Crippen molar-refractivity contribution in [2.24, 2.45) is 0 Å². The van der Waals surface area contributed by atoms with Gasteiger partial charge in [0.05, 0.1) is 23.5 Å². The van der Waals surface area contributed by atoms with Crippen LogP contribution in [0.2, 0.25) is 0 Å². The van der Waals surface area contributed by atoms with Gasteiger partial charge >= 0.3 is 37.7 Å². The van der Waals surface area contributed by atoms with E-state index in [-0.39, 0.29) is 68.9 Å². The van der Waals surface area contributed by atoms with Gasteiger partial charge in [0.15, 0.2) is 0 Å². The van der Waals surface area contributed by atoms with E-state index >= 15 is 0 Å². The van der Waals surface area contributed by atoms with Crippen LogP contribution in [0.3, 0.4) is 0 Å². The van der Waals surface area contributed by atoms with Gasteiger partial charge in [0.2, 0.25) is 0 Å². The number of carbonyl (C=O) groups excluding carboxylic acids is 2. The van der Waals surface area contributed by atoms with Gasteiger partial charge in [-0.1, -0.05) is 62.4 Å². The average molecular weight is 598 g/mol. The van der Waals surface area contributed by atoms with Crippen molar-refractivity contribution in [3.8, 4) is 22.4 Å². The zero-order chi connectivity index (χ0) is 29.5. The predicted octanol–water partition coefficient (Wildman–Crippen LogP) is 4.60. The molecule has 0 saturated heterocycles. The van der Waals surface area contributed by atoms with E-state index in [1.165, 1.54) is 12.1 Å². The summed E-state index contributed by atoms with van der Waals surface area (Å²) >= 11 is 0. The van der Waals surface area contributed by atoms with Crippen LogP contribution in [-0.4, -0.2) is 76.6 Å². The molecule has 0 spiro atoms. The van der Waals surface area contributed by atoms with E-state index < -0.39 is 30.4 Å². The van der Waals surface area contributed by atoms with Crippen molar-refractivity contribution in [1.29, 1.82) is 0 Å². The Kier molecular flexibility index (Phi) is 12.3. The number of aliphatic hydroxyl groups excluding tert-OH is 2. The monoisotopic (exact) mass is 597 g/mol. The summed E-state index contributed by atoms with van der Waals surface area (Å²) in [6.45, 7) is 4.22. The zero-order valence-electron chi connectivity index (χ0n) is 23.8. The van der Waals surface area contributed by atoms with Gasteiger partial charge in [0.25, 0.3) is 5.91 Å². The second kappa shape index (κ2) is 15.5. The Morgan fingerprint density at radius 2 is 1.48 bits per heavy atom. The van der Waals surface area contributed by atoms with E-state index in [9.17, 15) is 29.3 Å². The molecule has 0 fully saturated rings. The number of carboxylic acids is 1. The number of nitrogens with zero attached hydrogens (tertiary/aromatic N) is 1. The Morgan fingerprint density at radius 3 is 2.05 bits per heavy atom. The largest absolute Gasteiger partial charge is 2.00 e. The molecule has 0 bridgehead atoms. The third kappa shape index (κ3) is 8.30. The number of anilines is 1. The van der Waals surface area contributed by atoms with Crippen molar-refractivity contribution in [2.75, 3.05) is 5.32 Å². The Bertz CT molecular complexity index is 1470. The van der Waals surface area contributed by atoms with Crippen LogP contribution in [0.5, 0.6) is 0 Å². The molecule has 3 aromatic carbocycles. The van der Waals surface area contributed by atoms with E-state index in [0.29, 0.717) is 28.1 Å². The first-order valence-electron chi connectivity index (χ1n) is 13.7. The molecular formula is C33H34CaFN2O5+. The molecule has 2 atom stereocenters. The Labute approximate surface area is 275 Å². The summed E-state index contributed by atoms with van der Waals surface area (Å²) in [4.78, 5) is 24.9. The number of para-hydroxylation sites is 1. The summed E-state index contributed by atoms with van der Waals surface area (Å²) in [5.41, 5.74) is 4.72. The molecule has 1 amide bonds. The number of carbonyl (C=O) groups is 2. The molecule has 3 N–H and O–H groups in total. The van der Waals surface area contributed by atoms with Crippen LogP contribution in [0.25, 0.3) is 22.4 Å². The molecule has 42 heavy (non-hydrogen) atoms. The number of hydrogen-bond acceptors (Lipinski definition) is 5. The molecule has 0 radical (unpaired) electrons. The van der Waals surface area contributed by atoms with Crippen molar-refractivity contribution in [1.82, 2.24) is 4.57 Å². The number of aromatic nitrogens is 1. The number of aliphatic hydroxyl groups is 2. The number of rotatable bonds is 12. The number of benzene rings is 3. The van der Waals surface area contributed by atoms with Gasteiger partial charge in [-0.05, 0) is 66.3 Å². The van der Waals surface area contributed by atoms with Crippen LogP contribution in [0.1, 0.15) is 55.1 Å². The van der Waals surface area contributed by atoms with Gasteiger partial charge < -0.3 is 30.0 Å². The van der Waals surface area contributed by atoms with E-state index in [1.54, 1.807) is 24.3 Å². The number of carboxylic acid groups (broad SMARTS) is 1. The van der Waals surface area contributed by atoms with Gasteiger partial charge in [0.1, 0.15) is 5.82 Å². The van der Waals surface area contributed by atoms with Crippen LogP contribution in [0, 0.1) is 5.82 Å². The Hall–Kier alpha value is -3.01. The van der Waals surface area contributed by atoms with E-state index in [1.807, 2.05) is 66.9 Å². The summed E-state index contributed by atoms with van der Waals surface area (Å²) in [6.07, 6.45) is -2.77. The molecular weight excluding hydrogens is 563 g/mol. The number of aliphatic carboxylic acids is 1. The Balaban J connectivity index is 0.00000484. The molecule has 4 aromatic rings. The van der Waals surface area contributed by atoms with Gasteiger partial charge in [-0.15, -0.1) is 0 Å². The average Bonchev–Trinajstić information content (AvgIpc) is 3.28. The third-order valence-electron chi connectivity index (χ3n) is 6.92. The Morgan fingerprint density at radius 1 is 0.881 bits per heavy atom. The minimum Gasteiger partial charge on any atom is -0.550 e. The number of hydrogen-bond donors (Lipinski definition) is 3. The van der Waals surface area contributed by atoms with Crippen molar-refractivity contribution in [2.45, 2.75) is 57.8 Å². The minimum atomic E-state index is -1.39. The molecule has 4 rings (SSSR count). The molecule has 7 nitrogen and oxygen atoms in total. The van der Waals surface area contributed by atoms with Crippen molar-refractivity contribution < 1.29 is 29.3 Å². The maximum atomic E-state index is 14.0. The molecule has 0 aliphatic carbocycles. The van der Waals surface area contributed by atoms with Crippen molar-refractivity contribution in [3.63, 3.8) is 0 Å². The fourth-order valence-corrected chi connectivity index (χ4v) is 5.19. The second-order valence-corrected chi connectivity index (χ2v) is 10.4. The molecule has 9 heteroatoms. The molecule has 0 aliphatic rings. The first-order valence-corrected chi connectivity index (χ1v) is 13.7. The molecule has 1 heterocycles. The molecule has 214 valence electrons. The van der Waals surface area contributed by atoms with Gasteiger partial charge in [-0.25, -0.2) is 4.39 Å². The summed E-state index contributed by atoms with van der Waals surface area (Å²) in [7, 11) is 0. The summed E-state index contributed by atoms with van der Waals surface area (Å²) < 4.78 is 16.0. The predicted molar refractivity (Wildman–Crippen MR) is 160 cm³/mol. The van der Waals surface area contributed by atoms with Crippen LogP contribution < -0.4 is 10.4 Å². The van der Waals surface area contributed by atoms with Crippen molar-refractivity contribution in [3.05, 3.63) is 102 Å². The van der Waals surface area contributed by atoms with Crippen molar-refractivity contribution >= 4 is 55.3 Å². The second-order valence-electron chi connectivity index (χ2n) is 10.4. The minimum absolute atomic E-state index is 0. The summed E-state index contributed by atoms with van der Waals surface area (Å²) in [5, 5.41) is 34.6. The topological polar surface area (TPSA) is 115 Å². The SMILES string of the molecule is CC(C)c1c(C(=O)Nc2ccccc2)c(-c2ccccc2)c(-c2ccc(F)cc2)n1CC[C@@H](O)C[C@@H](O)CC(=O)[O-].[Ca+2]. The molecule has 0 saturated carbocycles. The third-order valence-corrected chi connectivity index (χ3v) is 6.92. The van der Waals surface area contributed by atoms with E-state index in [4.69, 9.17) is 0 Å². The van der Waals surface area contributed by atoms with Gasteiger partial charge in [0, 0.05) is 35.9 Å². The molecule has 1 aromatic heterocycles. The molecule has 0 unspecified atom stereocenters. The normalized spacial score (nSPS) is 12.4. The standard InChI is InChI=1S/C33H35FN2O5.Ca/c1-21(2)31-30(33(41)35-25-11-7-4-8-12-25)29(22-9-5-3-6-10-22)32(23-13-15-24(34)16-14-23)36(31)18-17-26(37)19-27(38)20-28(39)40;/h3-16,21,26-27,37-38H,17-20H2,1-2H3,(H,35,41)(H,39,40);/q;+2/p-1/t26-,27-;/m1./s1. The summed E-state index contributed by atoms with van der Waals surface area (Å²) in [6, 6.07) is 24.7. The first-order chi connectivity index (χ1) is 19.7. The fourth-order valence-electron chi connectivity index (χ4n) is 5.19. The zero-order valence-corrected chi connectivity index (χ0v) is 26.0. The van der Waals surface area contributed by atoms with Gasteiger partial charge in [-0.3, -0.25) is 4.79 Å². The maximum absolute atomic E-state index is 14.0. The van der Waals surface area contributed by atoms with E-state index in [0.717, 1.165) is 11.3 Å². The van der Waals surface area contributed by atoms with Crippen LogP contribution >= 0.6 is 0 Å². The molecule has 0 aliphatic heterocycles. The van der Waals surface area contributed by atoms with E-state index in [2.05, 4.69) is 5.32 Å². The maximum Gasteiger partial charge on any atom is 2.00 e. The quantitative estimate of drug-likeness (QED) is 0.207. The van der Waals surface area contributed by atoms with Crippen LogP contribution in [0.4, 0.5) is 10.1 Å². The number of nitrogens with one attached hydrogen (secondary N) is 1. The number of amides is 1. The van der Waals surface area contributed by atoms with Gasteiger partial charge in [-0.2, -0.15) is 0 Å². The number of halogens is 1.